The Bertz CT molecular complexity index is 674. The van der Waals surface area contributed by atoms with E-state index in [1.807, 2.05) is 55.5 Å². The molecule has 0 fully saturated rings. The van der Waals surface area contributed by atoms with Crippen LogP contribution in [0.2, 0.25) is 5.02 Å². The number of hydrogen-bond acceptors (Lipinski definition) is 2. The first-order chi connectivity index (χ1) is 11.1. The first kappa shape index (κ1) is 17.0. The molecule has 2 rings (SSSR count). The lowest BCUT2D eigenvalue weighted by atomic mass is 10.2. The van der Waals surface area contributed by atoms with E-state index >= 15 is 0 Å². The molecule has 1 N–H and O–H groups in total. The van der Waals surface area contributed by atoms with Crippen LogP contribution in [0.15, 0.2) is 54.6 Å². The summed E-state index contributed by atoms with van der Waals surface area (Å²) < 4.78 is 0. The zero-order valence-corrected chi connectivity index (χ0v) is 13.7. The Morgan fingerprint density at radius 3 is 2.35 bits per heavy atom. The molecule has 5 heteroatoms. The summed E-state index contributed by atoms with van der Waals surface area (Å²) in [7, 11) is 0. The third-order valence-electron chi connectivity index (χ3n) is 3.43. The van der Waals surface area contributed by atoms with Gasteiger partial charge in [0.2, 0.25) is 11.8 Å². The molecule has 0 saturated carbocycles. The molecule has 0 atom stereocenters. The zero-order chi connectivity index (χ0) is 16.7. The number of carbonyl (C=O) groups is 2. The van der Waals surface area contributed by atoms with Crippen LogP contribution in [0.4, 0.5) is 5.69 Å². The molecule has 0 aliphatic rings. The normalized spacial score (nSPS) is 10.2. The average molecular weight is 331 g/mol. The van der Waals surface area contributed by atoms with Crippen molar-refractivity contribution in [3.05, 3.63) is 65.2 Å². The molecule has 0 heterocycles. The zero-order valence-electron chi connectivity index (χ0n) is 13.0. The topological polar surface area (TPSA) is 49.4 Å². The van der Waals surface area contributed by atoms with E-state index in [4.69, 9.17) is 11.6 Å². The molecule has 120 valence electrons. The van der Waals surface area contributed by atoms with Gasteiger partial charge in [-0.3, -0.25) is 9.59 Å². The second-order valence-electron chi connectivity index (χ2n) is 5.02. The lowest BCUT2D eigenvalue weighted by Gasteiger charge is -2.20. The molecule has 0 aliphatic heterocycles. The van der Waals surface area contributed by atoms with Gasteiger partial charge in [-0.15, -0.1) is 0 Å². The van der Waals surface area contributed by atoms with E-state index in [2.05, 4.69) is 5.32 Å². The SMILES string of the molecule is CCN(C(=O)CC(=O)NCc1ccccc1Cl)c1ccccc1. The van der Waals surface area contributed by atoms with Crippen LogP contribution in [0.3, 0.4) is 0 Å². The molecule has 0 bridgehead atoms. The van der Waals surface area contributed by atoms with Crippen LogP contribution in [-0.4, -0.2) is 18.4 Å². The Morgan fingerprint density at radius 1 is 1.04 bits per heavy atom. The Balaban J connectivity index is 1.91. The number of anilines is 1. The van der Waals surface area contributed by atoms with Gasteiger partial charge < -0.3 is 10.2 Å². The molecule has 0 aromatic heterocycles. The van der Waals surface area contributed by atoms with E-state index in [-0.39, 0.29) is 18.2 Å². The smallest absolute Gasteiger partial charge is 0.236 e. The minimum absolute atomic E-state index is 0.187. The van der Waals surface area contributed by atoms with Crippen molar-refractivity contribution < 1.29 is 9.59 Å². The molecule has 0 spiro atoms. The molecule has 0 radical (unpaired) electrons. The minimum atomic E-state index is -0.315. The summed E-state index contributed by atoms with van der Waals surface area (Å²) in [6.45, 7) is 2.70. The number of para-hydroxylation sites is 1. The molecule has 4 nitrogen and oxygen atoms in total. The molecule has 0 aliphatic carbocycles. The predicted molar refractivity (Wildman–Crippen MR) is 92.4 cm³/mol. The quantitative estimate of drug-likeness (QED) is 0.825. The summed E-state index contributed by atoms with van der Waals surface area (Å²) in [5.41, 5.74) is 1.62. The van der Waals surface area contributed by atoms with Gasteiger partial charge in [-0.25, -0.2) is 0 Å². The van der Waals surface area contributed by atoms with Crippen LogP contribution in [0.25, 0.3) is 0 Å². The maximum atomic E-state index is 12.3. The van der Waals surface area contributed by atoms with Crippen molar-refractivity contribution in [1.29, 1.82) is 0 Å². The van der Waals surface area contributed by atoms with Crippen molar-refractivity contribution in [2.45, 2.75) is 19.9 Å². The highest BCUT2D eigenvalue weighted by molar-refractivity contribution is 6.31. The third-order valence-corrected chi connectivity index (χ3v) is 3.80. The van der Waals surface area contributed by atoms with Crippen molar-refractivity contribution in [2.75, 3.05) is 11.4 Å². The second-order valence-corrected chi connectivity index (χ2v) is 5.43. The standard InChI is InChI=1S/C18H19ClN2O2/c1-2-21(15-9-4-3-5-10-15)18(23)12-17(22)20-13-14-8-6-7-11-16(14)19/h3-11H,2,12-13H2,1H3,(H,20,22). The Labute approximate surface area is 141 Å². The van der Waals surface area contributed by atoms with Crippen molar-refractivity contribution >= 4 is 29.1 Å². The van der Waals surface area contributed by atoms with Crippen molar-refractivity contribution in [3.8, 4) is 0 Å². The summed E-state index contributed by atoms with van der Waals surface area (Å²) in [4.78, 5) is 25.9. The van der Waals surface area contributed by atoms with Gasteiger partial charge in [0, 0.05) is 23.8 Å². The Hall–Kier alpha value is -2.33. The predicted octanol–water partition coefficient (Wildman–Crippen LogP) is 3.40. The van der Waals surface area contributed by atoms with E-state index in [1.54, 1.807) is 11.0 Å². The number of benzene rings is 2. The molecule has 2 aromatic rings. The monoisotopic (exact) mass is 330 g/mol. The lowest BCUT2D eigenvalue weighted by molar-refractivity contribution is -0.128. The molecule has 2 aromatic carbocycles. The van der Waals surface area contributed by atoms with Gasteiger partial charge in [-0.1, -0.05) is 48.0 Å². The highest BCUT2D eigenvalue weighted by atomic mass is 35.5. The van der Waals surface area contributed by atoms with Crippen LogP contribution in [-0.2, 0) is 16.1 Å². The van der Waals surface area contributed by atoms with E-state index in [0.717, 1.165) is 11.3 Å². The summed E-state index contributed by atoms with van der Waals surface area (Å²) >= 11 is 6.04. The van der Waals surface area contributed by atoms with Gasteiger partial charge in [-0.05, 0) is 30.7 Å². The molecular formula is C18H19ClN2O2. The fourth-order valence-electron chi connectivity index (χ4n) is 2.24. The van der Waals surface area contributed by atoms with E-state index in [0.29, 0.717) is 18.1 Å². The third kappa shape index (κ3) is 4.83. The Morgan fingerprint density at radius 2 is 1.70 bits per heavy atom. The van der Waals surface area contributed by atoms with Crippen molar-refractivity contribution in [1.82, 2.24) is 5.32 Å². The van der Waals surface area contributed by atoms with Gasteiger partial charge in [0.1, 0.15) is 6.42 Å². The number of carbonyl (C=O) groups excluding carboxylic acids is 2. The van der Waals surface area contributed by atoms with E-state index < -0.39 is 0 Å². The van der Waals surface area contributed by atoms with E-state index in [1.165, 1.54) is 0 Å². The average Bonchev–Trinajstić information content (AvgIpc) is 2.56. The minimum Gasteiger partial charge on any atom is -0.352 e. The first-order valence-electron chi connectivity index (χ1n) is 7.47. The molecule has 2 amide bonds. The van der Waals surface area contributed by atoms with Gasteiger partial charge in [0.25, 0.3) is 0 Å². The number of halogens is 1. The second kappa shape index (κ2) is 8.34. The van der Waals surface area contributed by atoms with Crippen molar-refractivity contribution in [3.63, 3.8) is 0 Å². The number of rotatable bonds is 6. The highest BCUT2D eigenvalue weighted by Gasteiger charge is 2.17. The number of amides is 2. The Kier molecular flexibility index (Phi) is 6.18. The maximum Gasteiger partial charge on any atom is 0.236 e. The summed E-state index contributed by atoms with van der Waals surface area (Å²) in [5.74, 6) is -0.542. The van der Waals surface area contributed by atoms with Crippen LogP contribution >= 0.6 is 11.6 Å². The molecule has 23 heavy (non-hydrogen) atoms. The van der Waals surface area contributed by atoms with Gasteiger partial charge in [0.05, 0.1) is 0 Å². The summed E-state index contributed by atoms with van der Waals surface area (Å²) in [6.07, 6.45) is -0.187. The summed E-state index contributed by atoms with van der Waals surface area (Å²) in [5, 5.41) is 3.33. The van der Waals surface area contributed by atoms with Gasteiger partial charge in [0.15, 0.2) is 0 Å². The van der Waals surface area contributed by atoms with Crippen LogP contribution in [0.1, 0.15) is 18.9 Å². The molecular weight excluding hydrogens is 312 g/mol. The number of nitrogens with zero attached hydrogens (tertiary/aromatic N) is 1. The van der Waals surface area contributed by atoms with Crippen LogP contribution in [0, 0.1) is 0 Å². The number of nitrogens with one attached hydrogen (secondary N) is 1. The first-order valence-corrected chi connectivity index (χ1v) is 7.85. The number of hydrogen-bond donors (Lipinski definition) is 1. The van der Waals surface area contributed by atoms with Crippen LogP contribution < -0.4 is 10.2 Å². The van der Waals surface area contributed by atoms with Crippen molar-refractivity contribution in [2.24, 2.45) is 0 Å². The van der Waals surface area contributed by atoms with Crippen LogP contribution in [0.5, 0.6) is 0 Å². The fraction of sp³-hybridized carbons (Fsp3) is 0.222. The summed E-state index contributed by atoms with van der Waals surface area (Å²) in [6, 6.07) is 16.6. The molecule has 0 saturated heterocycles. The largest absolute Gasteiger partial charge is 0.352 e. The maximum absolute atomic E-state index is 12.3. The molecule has 0 unspecified atom stereocenters. The highest BCUT2D eigenvalue weighted by Crippen LogP contribution is 2.15. The lowest BCUT2D eigenvalue weighted by Crippen LogP contribution is -2.35. The van der Waals surface area contributed by atoms with Gasteiger partial charge in [-0.2, -0.15) is 0 Å². The van der Waals surface area contributed by atoms with Gasteiger partial charge >= 0.3 is 0 Å². The van der Waals surface area contributed by atoms with E-state index in [9.17, 15) is 9.59 Å². The fourth-order valence-corrected chi connectivity index (χ4v) is 2.44.